The van der Waals surface area contributed by atoms with E-state index in [1.807, 2.05) is 6.92 Å². The number of aryl methyl sites for hydroxylation is 1. The van der Waals surface area contributed by atoms with Gasteiger partial charge in [-0.1, -0.05) is 6.92 Å². The maximum Gasteiger partial charge on any atom is 0.334 e. The van der Waals surface area contributed by atoms with Crippen LogP contribution in [0.1, 0.15) is 22.8 Å². The van der Waals surface area contributed by atoms with E-state index in [-0.39, 0.29) is 5.56 Å². The minimum atomic E-state index is -1.14. The van der Waals surface area contributed by atoms with Crippen LogP contribution < -0.4 is 5.73 Å². The molecule has 0 saturated carbocycles. The first-order valence-corrected chi connectivity index (χ1v) is 4.29. The van der Waals surface area contributed by atoms with Crippen LogP contribution in [0, 0.1) is 10.1 Å². The van der Waals surface area contributed by atoms with Gasteiger partial charge in [0.15, 0.2) is 0 Å². The van der Waals surface area contributed by atoms with E-state index in [1.54, 1.807) is 6.07 Å². The Hall–Kier alpha value is -2.11. The van der Waals surface area contributed by atoms with Crippen molar-refractivity contribution in [3.63, 3.8) is 0 Å². The highest BCUT2D eigenvalue weighted by Crippen LogP contribution is 2.13. The zero-order valence-electron chi connectivity index (χ0n) is 8.10. The molecule has 0 saturated heterocycles. The summed E-state index contributed by atoms with van der Waals surface area (Å²) in [7, 11) is 0. The number of anilines is 1. The Labute approximate surface area is 85.7 Å². The zero-order valence-corrected chi connectivity index (χ0v) is 8.10. The lowest BCUT2D eigenvalue weighted by Crippen LogP contribution is -2.11. The van der Waals surface area contributed by atoms with Gasteiger partial charge < -0.3 is 5.73 Å². The van der Waals surface area contributed by atoms with Crippen LogP contribution >= 0.6 is 0 Å². The molecule has 6 nitrogen and oxygen atoms in total. The molecule has 0 aliphatic rings. The van der Waals surface area contributed by atoms with E-state index in [9.17, 15) is 14.9 Å². The van der Waals surface area contributed by atoms with Crippen molar-refractivity contribution in [2.45, 2.75) is 13.3 Å². The third-order valence-corrected chi connectivity index (χ3v) is 1.82. The Kier molecular flexibility index (Phi) is 3.22. The van der Waals surface area contributed by atoms with Gasteiger partial charge in [-0.25, -0.2) is 4.84 Å². The smallest absolute Gasteiger partial charge is 0.334 e. The Morgan fingerprint density at radius 3 is 2.73 bits per heavy atom. The van der Waals surface area contributed by atoms with E-state index in [2.05, 4.69) is 4.84 Å². The molecule has 0 spiro atoms. The lowest BCUT2D eigenvalue weighted by molar-refractivity contribution is -0.727. The monoisotopic (exact) mass is 210 g/mol. The van der Waals surface area contributed by atoms with E-state index in [4.69, 9.17) is 5.73 Å². The highest BCUT2D eigenvalue weighted by Gasteiger charge is 2.11. The molecule has 0 atom stereocenters. The van der Waals surface area contributed by atoms with Crippen LogP contribution in [-0.4, -0.2) is 11.1 Å². The fraction of sp³-hybridized carbons (Fsp3) is 0.222. The second-order valence-electron chi connectivity index (χ2n) is 2.92. The lowest BCUT2D eigenvalue weighted by atomic mass is 10.1. The fourth-order valence-corrected chi connectivity index (χ4v) is 1.16. The van der Waals surface area contributed by atoms with Crippen molar-refractivity contribution in [1.82, 2.24) is 0 Å². The number of benzene rings is 1. The van der Waals surface area contributed by atoms with Crippen molar-refractivity contribution < 1.29 is 14.7 Å². The molecule has 0 heterocycles. The van der Waals surface area contributed by atoms with Crippen molar-refractivity contribution in [3.8, 4) is 0 Å². The number of hydrogen-bond donors (Lipinski definition) is 1. The number of carbonyl (C=O) groups excluding carboxylic acids is 1. The molecule has 15 heavy (non-hydrogen) atoms. The maximum atomic E-state index is 11.2. The molecule has 0 aromatic heterocycles. The summed E-state index contributed by atoms with van der Waals surface area (Å²) < 4.78 is 0. The van der Waals surface area contributed by atoms with Crippen molar-refractivity contribution >= 4 is 11.7 Å². The molecular formula is C9H10N2O4. The number of nitrogens with zero attached hydrogens (tertiary/aromatic N) is 1. The standard InChI is InChI=1S/C9H10N2O4/c1-2-6-3-7(5-8(10)4-6)9(12)15-11(13)14/h3-5H,2,10H2,1H3. The molecule has 0 amide bonds. The van der Waals surface area contributed by atoms with Gasteiger partial charge in [0.1, 0.15) is 0 Å². The molecule has 0 aliphatic carbocycles. The van der Waals surface area contributed by atoms with E-state index in [0.29, 0.717) is 12.1 Å². The zero-order chi connectivity index (χ0) is 11.4. The summed E-state index contributed by atoms with van der Waals surface area (Å²) in [6.07, 6.45) is 0.684. The fourth-order valence-electron chi connectivity index (χ4n) is 1.16. The van der Waals surface area contributed by atoms with Crippen LogP contribution in [0.3, 0.4) is 0 Å². The third kappa shape index (κ3) is 2.94. The predicted molar refractivity (Wildman–Crippen MR) is 52.6 cm³/mol. The van der Waals surface area contributed by atoms with Gasteiger partial charge in [0.05, 0.1) is 0 Å². The average Bonchev–Trinajstić information content (AvgIpc) is 2.15. The first kappa shape index (κ1) is 11.0. The summed E-state index contributed by atoms with van der Waals surface area (Å²) in [6.45, 7) is 1.89. The van der Waals surface area contributed by atoms with E-state index in [0.717, 1.165) is 5.56 Å². The summed E-state index contributed by atoms with van der Waals surface area (Å²) in [5, 5.41) is 8.81. The van der Waals surface area contributed by atoms with Gasteiger partial charge in [0.2, 0.25) is 0 Å². The Morgan fingerprint density at radius 2 is 2.20 bits per heavy atom. The Balaban J connectivity index is 2.98. The van der Waals surface area contributed by atoms with Crippen molar-refractivity contribution in [3.05, 3.63) is 39.4 Å². The molecule has 1 rings (SSSR count). The second-order valence-corrected chi connectivity index (χ2v) is 2.92. The van der Waals surface area contributed by atoms with E-state index < -0.39 is 11.1 Å². The number of nitrogen functional groups attached to an aromatic ring is 1. The number of hydrogen-bond acceptors (Lipinski definition) is 5. The van der Waals surface area contributed by atoms with Crippen molar-refractivity contribution in [1.29, 1.82) is 0 Å². The molecule has 0 unspecified atom stereocenters. The van der Waals surface area contributed by atoms with E-state index in [1.165, 1.54) is 12.1 Å². The summed E-state index contributed by atoms with van der Waals surface area (Å²) >= 11 is 0. The minimum Gasteiger partial charge on any atom is -0.399 e. The molecule has 1 aromatic carbocycles. The summed E-state index contributed by atoms with van der Waals surface area (Å²) in [5.41, 5.74) is 6.82. The molecule has 2 N–H and O–H groups in total. The average molecular weight is 210 g/mol. The molecule has 80 valence electrons. The van der Waals surface area contributed by atoms with E-state index >= 15 is 0 Å². The molecule has 0 aliphatic heterocycles. The van der Waals surface area contributed by atoms with Crippen molar-refractivity contribution in [2.24, 2.45) is 0 Å². The molecule has 6 heteroatoms. The van der Waals surface area contributed by atoms with Crippen LogP contribution in [0.5, 0.6) is 0 Å². The SMILES string of the molecule is CCc1cc(N)cc(C(=O)O[N+](=O)[O-])c1. The van der Waals surface area contributed by atoms with Crippen LogP contribution in [0.2, 0.25) is 0 Å². The van der Waals surface area contributed by atoms with Gasteiger partial charge >= 0.3 is 11.1 Å². The van der Waals surface area contributed by atoms with Crippen LogP contribution in [0.4, 0.5) is 5.69 Å². The van der Waals surface area contributed by atoms with Gasteiger partial charge in [-0.3, -0.25) is 4.79 Å². The molecule has 1 aromatic rings. The predicted octanol–water partition coefficient (Wildman–Crippen LogP) is 1.18. The minimum absolute atomic E-state index is 0.0866. The van der Waals surface area contributed by atoms with Crippen LogP contribution in [-0.2, 0) is 11.3 Å². The topological polar surface area (TPSA) is 95.5 Å². The summed E-state index contributed by atoms with van der Waals surface area (Å²) in [6, 6.07) is 4.55. The molecular weight excluding hydrogens is 200 g/mol. The van der Waals surface area contributed by atoms with Crippen LogP contribution in [0.25, 0.3) is 0 Å². The quantitative estimate of drug-likeness (QED) is 0.459. The van der Waals surface area contributed by atoms with Gasteiger partial charge in [-0.05, 0) is 30.2 Å². The summed E-state index contributed by atoms with van der Waals surface area (Å²) in [4.78, 5) is 24.9. The normalized spacial score (nSPS) is 9.67. The van der Waals surface area contributed by atoms with Gasteiger partial charge in [-0.15, -0.1) is 10.1 Å². The number of nitrogens with two attached hydrogens (primary N) is 1. The van der Waals surface area contributed by atoms with Crippen molar-refractivity contribution in [2.75, 3.05) is 5.73 Å². The maximum absolute atomic E-state index is 11.2. The number of carbonyl (C=O) groups is 1. The third-order valence-electron chi connectivity index (χ3n) is 1.82. The van der Waals surface area contributed by atoms with Gasteiger partial charge in [-0.2, -0.15) is 0 Å². The molecule has 0 fully saturated rings. The Bertz CT molecular complexity index is 403. The Morgan fingerprint density at radius 1 is 1.53 bits per heavy atom. The highest BCUT2D eigenvalue weighted by atomic mass is 17.0. The van der Waals surface area contributed by atoms with Gasteiger partial charge in [0.25, 0.3) is 0 Å². The first-order valence-electron chi connectivity index (χ1n) is 4.29. The first-order chi connectivity index (χ1) is 7.02. The van der Waals surface area contributed by atoms with Gasteiger partial charge in [0, 0.05) is 11.3 Å². The molecule has 0 bridgehead atoms. The number of rotatable bonds is 3. The largest absolute Gasteiger partial charge is 0.399 e. The molecule has 0 radical (unpaired) electrons. The van der Waals surface area contributed by atoms with Crippen LogP contribution in [0.15, 0.2) is 18.2 Å². The second kappa shape index (κ2) is 4.41. The lowest BCUT2D eigenvalue weighted by Gasteiger charge is -2.03. The highest BCUT2D eigenvalue weighted by molar-refractivity contribution is 5.90. The summed E-state index contributed by atoms with van der Waals surface area (Å²) in [5.74, 6) is -1.01.